The van der Waals surface area contributed by atoms with Crippen LogP contribution in [0.15, 0.2) is 18.2 Å². The van der Waals surface area contributed by atoms with Crippen molar-refractivity contribution in [1.29, 1.82) is 0 Å². The fourth-order valence-corrected chi connectivity index (χ4v) is 1.84. The van der Waals surface area contributed by atoms with Crippen LogP contribution >= 0.6 is 0 Å². The van der Waals surface area contributed by atoms with E-state index in [1.807, 2.05) is 13.0 Å². The molecule has 3 N–H and O–H groups in total. The highest BCUT2D eigenvalue weighted by Crippen LogP contribution is 2.33. The minimum atomic E-state index is 0.531. The Hall–Kier alpha value is -1.97. The van der Waals surface area contributed by atoms with Crippen molar-refractivity contribution in [2.24, 2.45) is 0 Å². The van der Waals surface area contributed by atoms with Gasteiger partial charge in [0.2, 0.25) is 0 Å². The SMILES string of the molecule is CCc1ccc(OC)c(-c2[nH]nc(N)c2C)c1. The molecule has 90 valence electrons. The summed E-state index contributed by atoms with van der Waals surface area (Å²) in [4.78, 5) is 0. The fourth-order valence-electron chi connectivity index (χ4n) is 1.84. The van der Waals surface area contributed by atoms with Crippen LogP contribution in [0.3, 0.4) is 0 Å². The van der Waals surface area contributed by atoms with Crippen LogP contribution in [0.1, 0.15) is 18.1 Å². The minimum Gasteiger partial charge on any atom is -0.496 e. The molecule has 0 fully saturated rings. The third-order valence-corrected chi connectivity index (χ3v) is 2.99. The van der Waals surface area contributed by atoms with E-state index in [0.29, 0.717) is 5.82 Å². The number of nitrogen functional groups attached to an aromatic ring is 1. The summed E-state index contributed by atoms with van der Waals surface area (Å²) in [5.41, 5.74) is 9.90. The van der Waals surface area contributed by atoms with Crippen molar-refractivity contribution in [3.05, 3.63) is 29.3 Å². The average Bonchev–Trinajstić information content (AvgIpc) is 2.69. The van der Waals surface area contributed by atoms with Gasteiger partial charge in [-0.05, 0) is 31.0 Å². The van der Waals surface area contributed by atoms with E-state index in [4.69, 9.17) is 10.5 Å². The monoisotopic (exact) mass is 231 g/mol. The highest BCUT2D eigenvalue weighted by atomic mass is 16.5. The molecule has 1 heterocycles. The van der Waals surface area contributed by atoms with Gasteiger partial charge in [0.05, 0.1) is 12.8 Å². The Morgan fingerprint density at radius 3 is 2.71 bits per heavy atom. The maximum absolute atomic E-state index is 5.76. The summed E-state index contributed by atoms with van der Waals surface area (Å²) in [6.45, 7) is 4.08. The van der Waals surface area contributed by atoms with Gasteiger partial charge >= 0.3 is 0 Å². The topological polar surface area (TPSA) is 63.9 Å². The molecule has 0 bridgehead atoms. The predicted molar refractivity (Wildman–Crippen MR) is 69.1 cm³/mol. The lowest BCUT2D eigenvalue weighted by Gasteiger charge is -2.09. The maximum Gasteiger partial charge on any atom is 0.148 e. The second-order valence-corrected chi connectivity index (χ2v) is 4.00. The lowest BCUT2D eigenvalue weighted by molar-refractivity contribution is 0.416. The van der Waals surface area contributed by atoms with E-state index in [9.17, 15) is 0 Å². The van der Waals surface area contributed by atoms with Crippen molar-refractivity contribution in [2.75, 3.05) is 12.8 Å². The molecule has 0 atom stereocenters. The quantitative estimate of drug-likeness (QED) is 0.853. The molecule has 0 aliphatic rings. The van der Waals surface area contributed by atoms with Crippen LogP contribution in [0.4, 0.5) is 5.82 Å². The number of rotatable bonds is 3. The molecule has 0 aliphatic carbocycles. The lowest BCUT2D eigenvalue weighted by atomic mass is 10.0. The van der Waals surface area contributed by atoms with Gasteiger partial charge in [-0.3, -0.25) is 5.10 Å². The fraction of sp³-hybridized carbons (Fsp3) is 0.308. The predicted octanol–water partition coefficient (Wildman–Crippen LogP) is 2.54. The molecular formula is C13H17N3O. The number of aryl methyl sites for hydroxylation is 1. The van der Waals surface area contributed by atoms with Crippen molar-refractivity contribution >= 4 is 5.82 Å². The smallest absolute Gasteiger partial charge is 0.148 e. The zero-order chi connectivity index (χ0) is 12.4. The summed E-state index contributed by atoms with van der Waals surface area (Å²) in [6, 6.07) is 6.15. The number of anilines is 1. The van der Waals surface area contributed by atoms with E-state index in [1.165, 1.54) is 5.56 Å². The van der Waals surface area contributed by atoms with Crippen LogP contribution < -0.4 is 10.5 Å². The number of methoxy groups -OCH3 is 1. The van der Waals surface area contributed by atoms with Crippen LogP contribution in [0, 0.1) is 6.92 Å². The van der Waals surface area contributed by atoms with Crippen LogP contribution in [0.5, 0.6) is 5.75 Å². The van der Waals surface area contributed by atoms with Crippen molar-refractivity contribution in [1.82, 2.24) is 10.2 Å². The van der Waals surface area contributed by atoms with Gasteiger partial charge in [-0.15, -0.1) is 0 Å². The molecule has 0 aliphatic heterocycles. The molecular weight excluding hydrogens is 214 g/mol. The number of H-pyrrole nitrogens is 1. The molecule has 4 nitrogen and oxygen atoms in total. The number of hydrogen-bond acceptors (Lipinski definition) is 3. The summed E-state index contributed by atoms with van der Waals surface area (Å²) < 4.78 is 5.37. The largest absolute Gasteiger partial charge is 0.496 e. The Bertz CT molecular complexity index is 531. The van der Waals surface area contributed by atoms with Gasteiger partial charge in [-0.1, -0.05) is 13.0 Å². The first-order chi connectivity index (χ1) is 8.17. The number of nitrogens with two attached hydrogens (primary N) is 1. The normalized spacial score (nSPS) is 10.5. The average molecular weight is 231 g/mol. The first-order valence-corrected chi connectivity index (χ1v) is 5.65. The molecule has 0 spiro atoms. The van der Waals surface area contributed by atoms with Gasteiger partial charge in [-0.2, -0.15) is 5.10 Å². The minimum absolute atomic E-state index is 0.531. The van der Waals surface area contributed by atoms with Crippen molar-refractivity contribution < 1.29 is 4.74 Å². The summed E-state index contributed by atoms with van der Waals surface area (Å²) in [6.07, 6.45) is 0.986. The van der Waals surface area contributed by atoms with Crippen LogP contribution in [-0.4, -0.2) is 17.3 Å². The van der Waals surface area contributed by atoms with E-state index >= 15 is 0 Å². The van der Waals surface area contributed by atoms with Gasteiger partial charge in [-0.25, -0.2) is 0 Å². The van der Waals surface area contributed by atoms with Gasteiger partial charge in [0, 0.05) is 11.1 Å². The Kier molecular flexibility index (Phi) is 3.04. The van der Waals surface area contributed by atoms with Crippen molar-refractivity contribution in [3.63, 3.8) is 0 Å². The number of aromatic nitrogens is 2. The molecule has 0 radical (unpaired) electrons. The zero-order valence-corrected chi connectivity index (χ0v) is 10.4. The van der Waals surface area contributed by atoms with E-state index in [2.05, 4.69) is 29.3 Å². The van der Waals surface area contributed by atoms with Gasteiger partial charge < -0.3 is 10.5 Å². The number of aromatic amines is 1. The second kappa shape index (κ2) is 4.49. The maximum atomic E-state index is 5.76. The molecule has 2 aromatic rings. The summed E-state index contributed by atoms with van der Waals surface area (Å²) in [7, 11) is 1.67. The van der Waals surface area contributed by atoms with E-state index < -0.39 is 0 Å². The number of hydrogen-bond donors (Lipinski definition) is 2. The first kappa shape index (κ1) is 11.5. The third-order valence-electron chi connectivity index (χ3n) is 2.99. The number of nitrogens with zero attached hydrogens (tertiary/aromatic N) is 1. The number of benzene rings is 1. The van der Waals surface area contributed by atoms with E-state index in [1.54, 1.807) is 7.11 Å². The van der Waals surface area contributed by atoms with Crippen LogP contribution in [0.25, 0.3) is 11.3 Å². The molecule has 4 heteroatoms. The molecule has 0 unspecified atom stereocenters. The molecule has 0 saturated carbocycles. The van der Waals surface area contributed by atoms with Crippen LogP contribution in [-0.2, 0) is 6.42 Å². The summed E-state index contributed by atoms with van der Waals surface area (Å²) in [5.74, 6) is 1.36. The van der Waals surface area contributed by atoms with Gasteiger partial charge in [0.1, 0.15) is 11.6 Å². The molecule has 1 aromatic heterocycles. The molecule has 17 heavy (non-hydrogen) atoms. The van der Waals surface area contributed by atoms with Crippen LogP contribution in [0.2, 0.25) is 0 Å². The second-order valence-electron chi connectivity index (χ2n) is 4.00. The Labute approximate surface area is 101 Å². The summed E-state index contributed by atoms with van der Waals surface area (Å²) in [5, 5.41) is 6.98. The van der Waals surface area contributed by atoms with E-state index in [0.717, 1.165) is 29.0 Å². The Morgan fingerprint density at radius 1 is 1.41 bits per heavy atom. The van der Waals surface area contributed by atoms with E-state index in [-0.39, 0.29) is 0 Å². The van der Waals surface area contributed by atoms with Crippen molar-refractivity contribution in [2.45, 2.75) is 20.3 Å². The molecule has 1 aromatic carbocycles. The molecule has 0 saturated heterocycles. The first-order valence-electron chi connectivity index (χ1n) is 5.65. The summed E-state index contributed by atoms with van der Waals surface area (Å²) >= 11 is 0. The Morgan fingerprint density at radius 2 is 2.18 bits per heavy atom. The number of ether oxygens (including phenoxy) is 1. The lowest BCUT2D eigenvalue weighted by Crippen LogP contribution is -1.92. The number of nitrogens with one attached hydrogen (secondary N) is 1. The standard InChI is InChI=1S/C13H17N3O/c1-4-9-5-6-11(17-3)10(7-9)12-8(2)13(14)16-15-12/h5-7H,4H2,1-3H3,(H3,14,15,16). The molecule has 0 amide bonds. The van der Waals surface area contributed by atoms with Crippen molar-refractivity contribution in [3.8, 4) is 17.0 Å². The highest BCUT2D eigenvalue weighted by Gasteiger charge is 2.13. The third kappa shape index (κ3) is 1.98. The Balaban J connectivity index is 2.60. The molecule has 2 rings (SSSR count). The highest BCUT2D eigenvalue weighted by molar-refractivity contribution is 5.73. The van der Waals surface area contributed by atoms with Gasteiger partial charge in [0.25, 0.3) is 0 Å². The zero-order valence-electron chi connectivity index (χ0n) is 10.4. The van der Waals surface area contributed by atoms with Gasteiger partial charge in [0.15, 0.2) is 0 Å².